The molecule has 2 aromatic carbocycles. The van der Waals surface area contributed by atoms with Gasteiger partial charge in [0.05, 0.1) is 0 Å². The smallest absolute Gasteiger partial charge is 0.266 e. The van der Waals surface area contributed by atoms with E-state index in [1.54, 1.807) is 18.2 Å². The minimum atomic E-state index is -0.410. The second-order valence-electron chi connectivity index (χ2n) is 8.11. The van der Waals surface area contributed by atoms with E-state index in [2.05, 4.69) is 66.0 Å². The third-order valence-electron chi connectivity index (χ3n) is 5.48. The molecule has 1 unspecified atom stereocenters. The van der Waals surface area contributed by atoms with Crippen molar-refractivity contribution >= 4 is 39.3 Å². The molecule has 0 fully saturated rings. The number of hydrogen-bond donors (Lipinski definition) is 1. The second kappa shape index (κ2) is 8.42. The van der Waals surface area contributed by atoms with Crippen molar-refractivity contribution in [2.24, 2.45) is 0 Å². The molecule has 0 saturated heterocycles. The Hall–Kier alpha value is -2.58. The standard InChI is InChI=1S/C24H26BrN3O/c1-5-28-22-10-9-17(12-21(22)16(2)14-24(28,3)4)11-18(15-26)23(29)27-20-8-6-7-19(25)13-20/h6-13,16H,5,14H2,1-4H3,(H,27,29)/b18-11-. The molecule has 0 spiro atoms. The highest BCUT2D eigenvalue weighted by molar-refractivity contribution is 9.10. The summed E-state index contributed by atoms with van der Waals surface area (Å²) in [7, 11) is 0. The average molecular weight is 452 g/mol. The fraction of sp³-hybridized carbons (Fsp3) is 0.333. The molecule has 4 nitrogen and oxygen atoms in total. The van der Waals surface area contributed by atoms with Crippen molar-refractivity contribution in [3.8, 4) is 6.07 Å². The minimum Gasteiger partial charge on any atom is -0.366 e. The van der Waals surface area contributed by atoms with Crippen LogP contribution in [0.1, 0.15) is 51.2 Å². The number of nitriles is 1. The van der Waals surface area contributed by atoms with Crippen LogP contribution in [0.4, 0.5) is 11.4 Å². The largest absolute Gasteiger partial charge is 0.366 e. The molecular weight excluding hydrogens is 426 g/mol. The van der Waals surface area contributed by atoms with Crippen molar-refractivity contribution in [2.45, 2.75) is 45.6 Å². The molecule has 29 heavy (non-hydrogen) atoms. The lowest BCUT2D eigenvalue weighted by atomic mass is 9.79. The Kier molecular flexibility index (Phi) is 6.14. The first-order valence-electron chi connectivity index (χ1n) is 9.85. The van der Waals surface area contributed by atoms with Gasteiger partial charge in [-0.25, -0.2) is 0 Å². The first kappa shape index (κ1) is 21.1. The lowest BCUT2D eigenvalue weighted by molar-refractivity contribution is -0.112. The molecule has 3 rings (SSSR count). The van der Waals surface area contributed by atoms with Gasteiger partial charge < -0.3 is 10.2 Å². The highest BCUT2D eigenvalue weighted by Crippen LogP contribution is 2.43. The summed E-state index contributed by atoms with van der Waals surface area (Å²) >= 11 is 3.38. The first-order chi connectivity index (χ1) is 13.7. The van der Waals surface area contributed by atoms with Crippen LogP contribution in [-0.4, -0.2) is 18.0 Å². The maximum absolute atomic E-state index is 12.6. The van der Waals surface area contributed by atoms with Crippen LogP contribution in [-0.2, 0) is 4.79 Å². The number of anilines is 2. The van der Waals surface area contributed by atoms with E-state index < -0.39 is 5.91 Å². The summed E-state index contributed by atoms with van der Waals surface area (Å²) in [6, 6.07) is 15.6. The monoisotopic (exact) mass is 451 g/mol. The van der Waals surface area contributed by atoms with Gasteiger partial charge in [0.2, 0.25) is 0 Å². The fourth-order valence-electron chi connectivity index (χ4n) is 4.28. The van der Waals surface area contributed by atoms with Crippen LogP contribution in [0.15, 0.2) is 52.5 Å². The van der Waals surface area contributed by atoms with E-state index in [0.29, 0.717) is 11.6 Å². The van der Waals surface area contributed by atoms with Crippen LogP contribution < -0.4 is 10.2 Å². The van der Waals surface area contributed by atoms with Gasteiger partial charge in [0.1, 0.15) is 11.6 Å². The van der Waals surface area contributed by atoms with Crippen LogP contribution >= 0.6 is 15.9 Å². The molecule has 0 aliphatic carbocycles. The van der Waals surface area contributed by atoms with Crippen LogP contribution in [0.3, 0.4) is 0 Å². The number of nitrogens with zero attached hydrogens (tertiary/aromatic N) is 2. The number of carbonyl (C=O) groups excluding carboxylic acids is 1. The van der Waals surface area contributed by atoms with Crippen LogP contribution in [0.2, 0.25) is 0 Å². The Morgan fingerprint density at radius 1 is 1.34 bits per heavy atom. The minimum absolute atomic E-state index is 0.0843. The van der Waals surface area contributed by atoms with Gasteiger partial charge >= 0.3 is 0 Å². The molecule has 150 valence electrons. The van der Waals surface area contributed by atoms with Gasteiger partial charge in [-0.1, -0.05) is 35.0 Å². The van der Waals surface area contributed by atoms with Gasteiger partial charge in [-0.05, 0) is 80.6 Å². The predicted octanol–water partition coefficient (Wildman–Crippen LogP) is 6.11. The van der Waals surface area contributed by atoms with E-state index in [1.807, 2.05) is 24.3 Å². The van der Waals surface area contributed by atoms with E-state index in [-0.39, 0.29) is 11.1 Å². The van der Waals surface area contributed by atoms with Crippen molar-refractivity contribution in [3.05, 3.63) is 63.6 Å². The SMILES string of the molecule is CCN1c2ccc(/C=C(/C#N)C(=O)Nc3cccc(Br)c3)cc2C(C)CC1(C)C. The second-order valence-corrected chi connectivity index (χ2v) is 9.03. The van der Waals surface area contributed by atoms with E-state index >= 15 is 0 Å². The van der Waals surface area contributed by atoms with Crippen molar-refractivity contribution in [1.29, 1.82) is 5.26 Å². The van der Waals surface area contributed by atoms with Crippen molar-refractivity contribution in [3.63, 3.8) is 0 Å². The molecular formula is C24H26BrN3O. The zero-order valence-corrected chi connectivity index (χ0v) is 18.9. The number of rotatable bonds is 4. The van der Waals surface area contributed by atoms with Gasteiger partial charge in [0.15, 0.2) is 0 Å². The van der Waals surface area contributed by atoms with E-state index in [4.69, 9.17) is 0 Å². The number of benzene rings is 2. The van der Waals surface area contributed by atoms with Gasteiger partial charge in [-0.2, -0.15) is 5.26 Å². The quantitative estimate of drug-likeness (QED) is 0.450. The average Bonchev–Trinajstić information content (AvgIpc) is 2.66. The molecule has 1 amide bonds. The zero-order valence-electron chi connectivity index (χ0n) is 17.3. The summed E-state index contributed by atoms with van der Waals surface area (Å²) in [4.78, 5) is 15.0. The number of carbonyl (C=O) groups is 1. The summed E-state index contributed by atoms with van der Waals surface area (Å²) in [5.41, 5.74) is 4.22. The lowest BCUT2D eigenvalue weighted by Crippen LogP contribution is -2.48. The Labute approximate surface area is 181 Å². The summed E-state index contributed by atoms with van der Waals surface area (Å²) in [6.07, 6.45) is 2.73. The highest BCUT2D eigenvalue weighted by Gasteiger charge is 2.35. The van der Waals surface area contributed by atoms with Gasteiger partial charge in [0, 0.05) is 27.9 Å². The molecule has 1 aliphatic rings. The predicted molar refractivity (Wildman–Crippen MR) is 123 cm³/mol. The normalized spacial score (nSPS) is 18.0. The van der Waals surface area contributed by atoms with Gasteiger partial charge in [-0.3, -0.25) is 4.79 Å². The molecule has 5 heteroatoms. The summed E-state index contributed by atoms with van der Waals surface area (Å²) in [5.74, 6) is 0.00451. The zero-order chi connectivity index (χ0) is 21.2. The number of hydrogen-bond acceptors (Lipinski definition) is 3. The molecule has 1 atom stereocenters. The van der Waals surface area contributed by atoms with Crippen molar-refractivity contribution in [1.82, 2.24) is 0 Å². The Balaban J connectivity index is 1.90. The first-order valence-corrected chi connectivity index (χ1v) is 10.6. The number of fused-ring (bicyclic) bond motifs is 1. The number of nitrogens with one attached hydrogen (secondary N) is 1. The van der Waals surface area contributed by atoms with E-state index in [0.717, 1.165) is 23.0 Å². The molecule has 0 aromatic heterocycles. The van der Waals surface area contributed by atoms with E-state index in [1.165, 1.54) is 11.3 Å². The lowest BCUT2D eigenvalue weighted by Gasteiger charge is -2.47. The number of halogens is 1. The molecule has 0 bridgehead atoms. The fourth-order valence-corrected chi connectivity index (χ4v) is 4.68. The Bertz CT molecular complexity index is 1000. The number of amides is 1. The van der Waals surface area contributed by atoms with Crippen LogP contribution in [0, 0.1) is 11.3 Å². The van der Waals surface area contributed by atoms with Gasteiger partial charge in [-0.15, -0.1) is 0 Å². The molecule has 2 aromatic rings. The molecule has 0 saturated carbocycles. The molecule has 1 aliphatic heterocycles. The van der Waals surface area contributed by atoms with E-state index in [9.17, 15) is 10.1 Å². The van der Waals surface area contributed by atoms with Gasteiger partial charge in [0.25, 0.3) is 5.91 Å². The molecule has 1 heterocycles. The van der Waals surface area contributed by atoms with Crippen LogP contribution in [0.5, 0.6) is 0 Å². The van der Waals surface area contributed by atoms with Crippen LogP contribution in [0.25, 0.3) is 6.08 Å². The molecule has 0 radical (unpaired) electrons. The van der Waals surface area contributed by atoms with Crippen molar-refractivity contribution in [2.75, 3.05) is 16.8 Å². The van der Waals surface area contributed by atoms with Crippen molar-refractivity contribution < 1.29 is 4.79 Å². The Morgan fingerprint density at radius 2 is 2.10 bits per heavy atom. The summed E-state index contributed by atoms with van der Waals surface area (Å²) in [6.45, 7) is 9.93. The maximum Gasteiger partial charge on any atom is 0.266 e. The molecule has 1 N–H and O–H groups in total. The third kappa shape index (κ3) is 4.54. The third-order valence-corrected chi connectivity index (χ3v) is 5.98. The summed E-state index contributed by atoms with van der Waals surface area (Å²) in [5, 5.41) is 12.3. The summed E-state index contributed by atoms with van der Waals surface area (Å²) < 4.78 is 0.866. The Morgan fingerprint density at radius 3 is 2.76 bits per heavy atom. The topological polar surface area (TPSA) is 56.1 Å². The highest BCUT2D eigenvalue weighted by atomic mass is 79.9. The maximum atomic E-state index is 12.6.